The fourth-order valence-corrected chi connectivity index (χ4v) is 6.48. The fraction of sp³-hybridized carbons (Fsp3) is 0.500. The lowest BCUT2D eigenvalue weighted by molar-refractivity contribution is -0.143. The van der Waals surface area contributed by atoms with E-state index in [9.17, 15) is 41.0 Å². The molecule has 1 aromatic carbocycles. The Kier molecular flexibility index (Phi) is 13.5. The fourth-order valence-electron chi connectivity index (χ4n) is 6.48. The van der Waals surface area contributed by atoms with Crippen LogP contribution in [0.15, 0.2) is 81.4 Å². The Morgan fingerprint density at radius 1 is 1.13 bits per heavy atom. The van der Waals surface area contributed by atoms with E-state index in [1.54, 1.807) is 13.4 Å². The molecule has 2 heterocycles. The number of hydrogen-bond donors (Lipinski definition) is 2. The number of halogens is 6. The van der Waals surface area contributed by atoms with Crippen molar-refractivity contribution in [3.8, 4) is 0 Å². The zero-order chi connectivity index (χ0) is 39.1. The monoisotopic (exact) mass is 752 g/mol. The van der Waals surface area contributed by atoms with Crippen molar-refractivity contribution in [2.75, 3.05) is 33.8 Å². The van der Waals surface area contributed by atoms with E-state index in [0.29, 0.717) is 59.7 Å². The highest BCUT2D eigenvalue weighted by molar-refractivity contribution is 5.72. The van der Waals surface area contributed by atoms with E-state index < -0.39 is 53.3 Å². The van der Waals surface area contributed by atoms with Gasteiger partial charge in [-0.25, -0.2) is 9.79 Å². The van der Waals surface area contributed by atoms with Crippen LogP contribution in [0.5, 0.6) is 0 Å². The van der Waals surface area contributed by atoms with Crippen LogP contribution in [0.25, 0.3) is 0 Å². The highest BCUT2D eigenvalue weighted by Crippen LogP contribution is 2.42. The second-order valence-corrected chi connectivity index (χ2v) is 13.3. The molecule has 0 radical (unpaired) electrons. The molecule has 2 fully saturated rings. The number of ether oxygens (including phenoxy) is 2. The average Bonchev–Trinajstić information content (AvgIpc) is 3.21. The predicted molar refractivity (Wildman–Crippen MR) is 188 cm³/mol. The van der Waals surface area contributed by atoms with Gasteiger partial charge in [0.2, 0.25) is 0 Å². The maximum Gasteiger partial charge on any atom is 0.416 e. The van der Waals surface area contributed by atoms with Crippen LogP contribution < -0.4 is 5.32 Å². The number of cyclic esters (lactones) is 1. The van der Waals surface area contributed by atoms with Crippen molar-refractivity contribution in [2.45, 2.75) is 83.8 Å². The van der Waals surface area contributed by atoms with Gasteiger partial charge in [-0.3, -0.25) is 9.69 Å². The summed E-state index contributed by atoms with van der Waals surface area (Å²) in [7, 11) is 3.22. The molecule has 3 atom stereocenters. The standard InChI is InChI=1S/C38H46F6N4O5/c1-6-7-11-29(30-16-25(10-8-12-33(30)52-5)15-23(2)31(45-4)20-34(49)50)32(46-22-47-13-9-14-47)21-48-24(3)35(53-36(48)51)26-17-27(37(39,40)41)19-28(18-26)38(42,43)44/h7,11-12,16-19,22,24-25,35,45H,6,8-10,13-15,20-21H2,1-5H3,(H,49,50)/b11-7-,31-23-,32-29+,46-22?. The number of aliphatic imine (C=N–C) groups is 1. The van der Waals surface area contributed by atoms with E-state index in [1.165, 1.54) is 18.9 Å². The molecule has 2 saturated heterocycles. The second-order valence-electron chi connectivity index (χ2n) is 13.3. The number of carboxylic acids is 1. The first-order valence-electron chi connectivity index (χ1n) is 17.5. The van der Waals surface area contributed by atoms with Gasteiger partial charge in [-0.15, -0.1) is 0 Å². The molecule has 1 amide bonds. The van der Waals surface area contributed by atoms with Crippen molar-refractivity contribution in [1.82, 2.24) is 15.1 Å². The van der Waals surface area contributed by atoms with Crippen molar-refractivity contribution < 1.29 is 50.5 Å². The van der Waals surface area contributed by atoms with Crippen LogP contribution in [0.4, 0.5) is 31.1 Å². The number of methoxy groups -OCH3 is 1. The average molecular weight is 753 g/mol. The molecule has 2 N–H and O–H groups in total. The van der Waals surface area contributed by atoms with E-state index in [2.05, 4.69) is 5.32 Å². The summed E-state index contributed by atoms with van der Waals surface area (Å²) in [6, 6.07) is 0.227. The molecule has 1 aromatic rings. The van der Waals surface area contributed by atoms with Crippen LogP contribution in [0.3, 0.4) is 0 Å². The lowest BCUT2D eigenvalue weighted by Gasteiger charge is -2.29. The number of benzene rings is 1. The van der Waals surface area contributed by atoms with Crippen LogP contribution in [0, 0.1) is 5.92 Å². The van der Waals surface area contributed by atoms with Gasteiger partial charge in [0.1, 0.15) is 11.9 Å². The molecule has 0 spiro atoms. The normalized spacial score (nSPS) is 22.2. The summed E-state index contributed by atoms with van der Waals surface area (Å²) >= 11 is 0. The molecule has 2 aliphatic heterocycles. The summed E-state index contributed by atoms with van der Waals surface area (Å²) in [4.78, 5) is 33.0. The van der Waals surface area contributed by atoms with E-state index in [0.717, 1.165) is 31.5 Å². The molecule has 9 nitrogen and oxygen atoms in total. The highest BCUT2D eigenvalue weighted by atomic mass is 19.4. The van der Waals surface area contributed by atoms with Gasteiger partial charge in [-0.2, -0.15) is 26.3 Å². The van der Waals surface area contributed by atoms with Gasteiger partial charge in [0.05, 0.1) is 49.3 Å². The number of amides is 1. The maximum atomic E-state index is 13.7. The molecule has 1 aliphatic carbocycles. The summed E-state index contributed by atoms with van der Waals surface area (Å²) in [6.07, 6.45) is 0.313. The molecular formula is C38H46F6N4O5. The predicted octanol–water partition coefficient (Wildman–Crippen LogP) is 8.79. The number of rotatable bonds is 14. The van der Waals surface area contributed by atoms with Crippen molar-refractivity contribution in [3.05, 3.63) is 93.1 Å². The van der Waals surface area contributed by atoms with Gasteiger partial charge in [0.15, 0.2) is 0 Å². The van der Waals surface area contributed by atoms with Gasteiger partial charge < -0.3 is 24.8 Å². The van der Waals surface area contributed by atoms with Crippen LogP contribution in [0.1, 0.15) is 82.1 Å². The Bertz CT molecular complexity index is 1670. The van der Waals surface area contributed by atoms with E-state index in [1.807, 2.05) is 43.1 Å². The van der Waals surface area contributed by atoms with Crippen LogP contribution in [-0.2, 0) is 26.6 Å². The number of carbonyl (C=O) groups is 2. The largest absolute Gasteiger partial charge is 0.496 e. The maximum absolute atomic E-state index is 13.7. The minimum absolute atomic E-state index is 0.0397. The van der Waals surface area contributed by atoms with Crippen molar-refractivity contribution in [2.24, 2.45) is 10.9 Å². The molecule has 3 aliphatic rings. The lowest BCUT2D eigenvalue weighted by atomic mass is 9.91. The van der Waals surface area contributed by atoms with Crippen LogP contribution >= 0.6 is 0 Å². The number of carbonyl (C=O) groups excluding carboxylic acids is 1. The van der Waals surface area contributed by atoms with Gasteiger partial charge in [0.25, 0.3) is 0 Å². The summed E-state index contributed by atoms with van der Waals surface area (Å²) in [6.45, 7) is 6.68. The molecule has 290 valence electrons. The minimum Gasteiger partial charge on any atom is -0.496 e. The van der Waals surface area contributed by atoms with Crippen molar-refractivity contribution in [1.29, 1.82) is 0 Å². The number of likely N-dealkylation sites (tertiary alicyclic amines) is 1. The Hall–Kier alpha value is -4.69. The third kappa shape index (κ3) is 10.5. The van der Waals surface area contributed by atoms with E-state index in [-0.39, 0.29) is 24.9 Å². The van der Waals surface area contributed by atoms with Crippen molar-refractivity contribution >= 4 is 18.4 Å². The van der Waals surface area contributed by atoms with E-state index in [4.69, 9.17) is 14.5 Å². The topological polar surface area (TPSA) is 104 Å². The summed E-state index contributed by atoms with van der Waals surface area (Å²) < 4.78 is 93.7. The number of carboxylic acid groups (broad SMARTS) is 1. The third-order valence-electron chi connectivity index (χ3n) is 9.51. The summed E-state index contributed by atoms with van der Waals surface area (Å²) in [5.74, 6) is -0.459. The first-order valence-corrected chi connectivity index (χ1v) is 17.5. The molecule has 15 heteroatoms. The zero-order valence-electron chi connectivity index (χ0n) is 30.4. The van der Waals surface area contributed by atoms with Crippen LogP contribution in [0.2, 0.25) is 0 Å². The number of nitrogens with zero attached hydrogens (tertiary/aromatic N) is 3. The quantitative estimate of drug-likeness (QED) is 0.0848. The molecule has 0 aromatic heterocycles. The molecule has 3 unspecified atom stereocenters. The second kappa shape index (κ2) is 17.4. The first-order chi connectivity index (χ1) is 25.0. The van der Waals surface area contributed by atoms with Gasteiger partial charge in [-0.1, -0.05) is 30.7 Å². The number of alkyl halides is 6. The zero-order valence-corrected chi connectivity index (χ0v) is 30.4. The molecular weight excluding hydrogens is 706 g/mol. The highest BCUT2D eigenvalue weighted by Gasteiger charge is 2.43. The Morgan fingerprint density at radius 3 is 2.32 bits per heavy atom. The minimum atomic E-state index is -5.07. The van der Waals surface area contributed by atoms with E-state index >= 15 is 0 Å². The molecule has 0 saturated carbocycles. The van der Waals surface area contributed by atoms with Crippen molar-refractivity contribution in [3.63, 3.8) is 0 Å². The van der Waals surface area contributed by atoms with Crippen LogP contribution in [-0.4, -0.2) is 73.1 Å². The Morgan fingerprint density at radius 2 is 1.79 bits per heavy atom. The number of hydrogen-bond acceptors (Lipinski definition) is 6. The smallest absolute Gasteiger partial charge is 0.416 e. The first kappa shape index (κ1) is 41.1. The third-order valence-corrected chi connectivity index (χ3v) is 9.51. The number of aliphatic carboxylic acids is 1. The Labute approximate surface area is 305 Å². The number of allylic oxidation sites excluding steroid dienone is 6. The number of nitrogens with one attached hydrogen (secondary N) is 1. The Balaban J connectivity index is 1.82. The molecule has 0 bridgehead atoms. The lowest BCUT2D eigenvalue weighted by Crippen LogP contribution is -2.36. The summed E-state index contributed by atoms with van der Waals surface area (Å²) in [5.41, 5.74) is -0.262. The van der Waals surface area contributed by atoms with Gasteiger partial charge >= 0.3 is 24.4 Å². The summed E-state index contributed by atoms with van der Waals surface area (Å²) in [5, 5.41) is 12.4. The van der Waals surface area contributed by atoms with Gasteiger partial charge in [0, 0.05) is 37.0 Å². The molecule has 53 heavy (non-hydrogen) atoms. The molecule has 4 rings (SSSR count). The SMILES string of the molecule is CC/C=C\C(C1=CC(C/C(C)=C(/CC(=O)O)NC)CCC=C1OC)=C(\CN1C(=O)OC(c2cc(C(F)(F)F)cc(C(F)(F)F)c2)C1C)N=CN1CCC1. The van der Waals surface area contributed by atoms with Gasteiger partial charge in [-0.05, 0) is 81.7 Å².